The van der Waals surface area contributed by atoms with Gasteiger partial charge in [-0.3, -0.25) is 4.79 Å². The number of carbonyl (C=O) groups excluding carboxylic acids is 1. The van der Waals surface area contributed by atoms with Crippen LogP contribution in [0.2, 0.25) is 0 Å². The molecule has 0 aromatic heterocycles. The van der Waals surface area contributed by atoms with E-state index in [0.717, 1.165) is 29.8 Å². The van der Waals surface area contributed by atoms with Crippen LogP contribution in [0.25, 0.3) is 0 Å². The fourth-order valence-electron chi connectivity index (χ4n) is 2.57. The SMILES string of the molecule is CCc1cccc(CC)c1NC(=O)CCOc1cccc(C)c1. The van der Waals surface area contributed by atoms with E-state index < -0.39 is 0 Å². The Kier molecular flexibility index (Phi) is 6.21. The summed E-state index contributed by atoms with van der Waals surface area (Å²) in [6, 6.07) is 14.0. The van der Waals surface area contributed by atoms with Crippen LogP contribution in [0.5, 0.6) is 5.75 Å². The standard InChI is InChI=1S/C20H25NO2/c1-4-16-9-7-10-17(5-2)20(16)21-19(22)12-13-23-18-11-6-8-15(3)14-18/h6-11,14H,4-5,12-13H2,1-3H3,(H,21,22). The van der Waals surface area contributed by atoms with Crippen LogP contribution in [0.1, 0.15) is 37.0 Å². The third-order valence-corrected chi connectivity index (χ3v) is 3.85. The van der Waals surface area contributed by atoms with Crippen molar-refractivity contribution in [1.29, 1.82) is 0 Å². The number of ether oxygens (including phenoxy) is 1. The van der Waals surface area contributed by atoms with Crippen LogP contribution in [-0.2, 0) is 17.6 Å². The lowest BCUT2D eigenvalue weighted by atomic mass is 10.0. The predicted octanol–water partition coefficient (Wildman–Crippen LogP) is 4.53. The molecule has 122 valence electrons. The van der Waals surface area contributed by atoms with Crippen LogP contribution >= 0.6 is 0 Å². The number of carbonyl (C=O) groups is 1. The van der Waals surface area contributed by atoms with Crippen molar-refractivity contribution in [2.24, 2.45) is 0 Å². The highest BCUT2D eigenvalue weighted by Crippen LogP contribution is 2.22. The minimum Gasteiger partial charge on any atom is -0.493 e. The number of aryl methyl sites for hydroxylation is 3. The summed E-state index contributed by atoms with van der Waals surface area (Å²) in [5.41, 5.74) is 4.48. The number of rotatable bonds is 7. The van der Waals surface area contributed by atoms with E-state index in [1.807, 2.05) is 37.3 Å². The number of hydrogen-bond acceptors (Lipinski definition) is 2. The lowest BCUT2D eigenvalue weighted by molar-refractivity contribution is -0.116. The lowest BCUT2D eigenvalue weighted by Gasteiger charge is -2.14. The molecule has 1 N–H and O–H groups in total. The van der Waals surface area contributed by atoms with E-state index in [4.69, 9.17) is 4.74 Å². The molecule has 1 amide bonds. The number of nitrogens with one attached hydrogen (secondary N) is 1. The molecular weight excluding hydrogens is 286 g/mol. The average molecular weight is 311 g/mol. The van der Waals surface area contributed by atoms with Crippen molar-refractivity contribution in [3.63, 3.8) is 0 Å². The second-order valence-electron chi connectivity index (χ2n) is 5.62. The normalized spacial score (nSPS) is 10.4. The van der Waals surface area contributed by atoms with Gasteiger partial charge in [0.25, 0.3) is 0 Å². The van der Waals surface area contributed by atoms with E-state index in [2.05, 4.69) is 31.3 Å². The van der Waals surface area contributed by atoms with Gasteiger partial charge in [0, 0.05) is 5.69 Å². The van der Waals surface area contributed by atoms with Crippen LogP contribution in [0.15, 0.2) is 42.5 Å². The highest BCUT2D eigenvalue weighted by molar-refractivity contribution is 5.92. The maximum Gasteiger partial charge on any atom is 0.227 e. The second kappa shape index (κ2) is 8.37. The molecule has 0 aliphatic carbocycles. The van der Waals surface area contributed by atoms with Gasteiger partial charge in [0.05, 0.1) is 13.0 Å². The molecule has 0 heterocycles. The average Bonchev–Trinajstić information content (AvgIpc) is 2.55. The molecule has 0 unspecified atom stereocenters. The number of anilines is 1. The highest BCUT2D eigenvalue weighted by Gasteiger charge is 2.10. The van der Waals surface area contributed by atoms with Crippen molar-refractivity contribution in [3.05, 3.63) is 59.2 Å². The fraction of sp³-hybridized carbons (Fsp3) is 0.350. The first-order chi connectivity index (χ1) is 11.1. The summed E-state index contributed by atoms with van der Waals surface area (Å²) in [6.45, 7) is 6.61. The van der Waals surface area contributed by atoms with E-state index in [0.29, 0.717) is 13.0 Å². The Bertz CT molecular complexity index is 642. The molecule has 2 aromatic rings. The van der Waals surface area contributed by atoms with Gasteiger partial charge in [-0.2, -0.15) is 0 Å². The first-order valence-electron chi connectivity index (χ1n) is 8.24. The molecule has 3 nitrogen and oxygen atoms in total. The first kappa shape index (κ1) is 17.1. The van der Waals surface area contributed by atoms with Gasteiger partial charge in [-0.1, -0.05) is 44.2 Å². The Balaban J connectivity index is 1.92. The van der Waals surface area contributed by atoms with Crippen LogP contribution in [0.4, 0.5) is 5.69 Å². The van der Waals surface area contributed by atoms with E-state index in [1.54, 1.807) is 0 Å². The zero-order valence-corrected chi connectivity index (χ0v) is 14.2. The molecule has 0 aliphatic heterocycles. The van der Waals surface area contributed by atoms with Crippen LogP contribution in [-0.4, -0.2) is 12.5 Å². The summed E-state index contributed by atoms with van der Waals surface area (Å²) in [5.74, 6) is 0.800. The molecular formula is C20H25NO2. The number of benzene rings is 2. The molecule has 0 saturated carbocycles. The zero-order valence-electron chi connectivity index (χ0n) is 14.2. The van der Waals surface area contributed by atoms with E-state index in [9.17, 15) is 4.79 Å². The molecule has 0 bridgehead atoms. The lowest BCUT2D eigenvalue weighted by Crippen LogP contribution is -2.17. The van der Waals surface area contributed by atoms with Gasteiger partial charge in [0.1, 0.15) is 5.75 Å². The Morgan fingerprint density at radius 2 is 1.70 bits per heavy atom. The third kappa shape index (κ3) is 4.85. The first-order valence-corrected chi connectivity index (χ1v) is 8.24. The van der Waals surface area contributed by atoms with Gasteiger partial charge >= 0.3 is 0 Å². The summed E-state index contributed by atoms with van der Waals surface area (Å²) in [5, 5.41) is 3.06. The second-order valence-corrected chi connectivity index (χ2v) is 5.62. The minimum atomic E-state index is -0.00625. The fourth-order valence-corrected chi connectivity index (χ4v) is 2.57. The Labute approximate surface area is 138 Å². The third-order valence-electron chi connectivity index (χ3n) is 3.85. The molecule has 0 radical (unpaired) electrons. The van der Waals surface area contributed by atoms with Crippen molar-refractivity contribution >= 4 is 11.6 Å². The van der Waals surface area contributed by atoms with E-state index in [-0.39, 0.29) is 5.91 Å². The van der Waals surface area contributed by atoms with Gasteiger partial charge in [0.2, 0.25) is 5.91 Å². The number of hydrogen-bond donors (Lipinski definition) is 1. The smallest absolute Gasteiger partial charge is 0.227 e. The van der Waals surface area contributed by atoms with Gasteiger partial charge in [-0.25, -0.2) is 0 Å². The van der Waals surface area contributed by atoms with Crippen molar-refractivity contribution < 1.29 is 9.53 Å². The van der Waals surface area contributed by atoms with Crippen molar-refractivity contribution in [2.75, 3.05) is 11.9 Å². The number of para-hydroxylation sites is 1. The highest BCUT2D eigenvalue weighted by atomic mass is 16.5. The molecule has 2 aromatic carbocycles. The molecule has 0 saturated heterocycles. The topological polar surface area (TPSA) is 38.3 Å². The largest absolute Gasteiger partial charge is 0.493 e. The summed E-state index contributed by atoms with van der Waals surface area (Å²) >= 11 is 0. The van der Waals surface area contributed by atoms with E-state index in [1.165, 1.54) is 11.1 Å². The predicted molar refractivity (Wildman–Crippen MR) is 95.1 cm³/mol. The van der Waals surface area contributed by atoms with Gasteiger partial charge in [-0.05, 0) is 48.6 Å². The van der Waals surface area contributed by atoms with Gasteiger partial charge in [-0.15, -0.1) is 0 Å². The van der Waals surface area contributed by atoms with Crippen molar-refractivity contribution in [3.8, 4) is 5.75 Å². The zero-order chi connectivity index (χ0) is 16.7. The maximum absolute atomic E-state index is 12.2. The van der Waals surface area contributed by atoms with Crippen LogP contribution < -0.4 is 10.1 Å². The quantitative estimate of drug-likeness (QED) is 0.816. The van der Waals surface area contributed by atoms with Crippen molar-refractivity contribution in [2.45, 2.75) is 40.0 Å². The van der Waals surface area contributed by atoms with Crippen molar-refractivity contribution in [1.82, 2.24) is 0 Å². The summed E-state index contributed by atoms with van der Waals surface area (Å²) in [6.07, 6.45) is 2.15. The maximum atomic E-state index is 12.2. The minimum absolute atomic E-state index is 0.00625. The molecule has 0 aliphatic rings. The summed E-state index contributed by atoms with van der Waals surface area (Å²) < 4.78 is 5.65. The summed E-state index contributed by atoms with van der Waals surface area (Å²) in [4.78, 5) is 12.2. The van der Waals surface area contributed by atoms with Gasteiger partial charge < -0.3 is 10.1 Å². The molecule has 0 spiro atoms. The Morgan fingerprint density at radius 3 is 2.30 bits per heavy atom. The molecule has 23 heavy (non-hydrogen) atoms. The van der Waals surface area contributed by atoms with Gasteiger partial charge in [0.15, 0.2) is 0 Å². The van der Waals surface area contributed by atoms with Crippen LogP contribution in [0.3, 0.4) is 0 Å². The van der Waals surface area contributed by atoms with E-state index >= 15 is 0 Å². The monoisotopic (exact) mass is 311 g/mol. The molecule has 0 fully saturated rings. The molecule has 3 heteroatoms. The molecule has 0 atom stereocenters. The number of amides is 1. The Morgan fingerprint density at radius 1 is 1.04 bits per heavy atom. The summed E-state index contributed by atoms with van der Waals surface area (Å²) in [7, 11) is 0. The van der Waals surface area contributed by atoms with Crippen LogP contribution in [0, 0.1) is 6.92 Å². The molecule has 2 rings (SSSR count). The Hall–Kier alpha value is -2.29.